The number of para-hydroxylation sites is 1. The smallest absolute Gasteiger partial charge is 0.224 e. The van der Waals surface area contributed by atoms with Crippen LogP contribution in [0.25, 0.3) is 0 Å². The summed E-state index contributed by atoms with van der Waals surface area (Å²) in [6.07, 6.45) is 1.11. The van der Waals surface area contributed by atoms with E-state index in [0.717, 1.165) is 22.6 Å². The van der Waals surface area contributed by atoms with Crippen molar-refractivity contribution in [2.45, 2.75) is 26.4 Å². The van der Waals surface area contributed by atoms with Gasteiger partial charge in [-0.05, 0) is 42.7 Å². The first-order valence-electron chi connectivity index (χ1n) is 7.75. The Morgan fingerprint density at radius 3 is 2.74 bits per heavy atom. The van der Waals surface area contributed by atoms with Gasteiger partial charge in [0, 0.05) is 19.2 Å². The fraction of sp³-hybridized carbons (Fsp3) is 0.316. The summed E-state index contributed by atoms with van der Waals surface area (Å²) >= 11 is 0. The third-order valence-corrected chi connectivity index (χ3v) is 3.42. The maximum Gasteiger partial charge on any atom is 0.224 e. The Hall–Kier alpha value is -2.33. The maximum atomic E-state index is 12.0. The zero-order valence-electron chi connectivity index (χ0n) is 13.7. The van der Waals surface area contributed by atoms with Gasteiger partial charge in [0.1, 0.15) is 5.75 Å². The van der Waals surface area contributed by atoms with Crippen LogP contribution in [0.5, 0.6) is 5.75 Å². The SMILES string of the molecule is COCc1cccc(NC(=O)CCCOc2ccccc2C)c1. The summed E-state index contributed by atoms with van der Waals surface area (Å²) in [6.45, 7) is 3.07. The van der Waals surface area contributed by atoms with Crippen molar-refractivity contribution in [3.8, 4) is 5.75 Å². The lowest BCUT2D eigenvalue weighted by molar-refractivity contribution is -0.116. The summed E-state index contributed by atoms with van der Waals surface area (Å²) in [4.78, 5) is 12.0. The molecule has 0 aromatic heterocycles. The van der Waals surface area contributed by atoms with E-state index in [1.54, 1.807) is 7.11 Å². The van der Waals surface area contributed by atoms with Crippen LogP contribution in [0.2, 0.25) is 0 Å². The molecule has 0 bridgehead atoms. The number of ether oxygens (including phenoxy) is 2. The van der Waals surface area contributed by atoms with Gasteiger partial charge in [-0.1, -0.05) is 30.3 Å². The van der Waals surface area contributed by atoms with Crippen LogP contribution in [-0.4, -0.2) is 19.6 Å². The normalized spacial score (nSPS) is 10.3. The van der Waals surface area contributed by atoms with Gasteiger partial charge in [-0.3, -0.25) is 4.79 Å². The van der Waals surface area contributed by atoms with Gasteiger partial charge >= 0.3 is 0 Å². The molecule has 0 atom stereocenters. The van der Waals surface area contributed by atoms with Crippen molar-refractivity contribution in [1.82, 2.24) is 0 Å². The number of anilines is 1. The van der Waals surface area contributed by atoms with Crippen LogP contribution in [0.4, 0.5) is 5.69 Å². The molecule has 0 aliphatic rings. The summed E-state index contributed by atoms with van der Waals surface area (Å²) < 4.78 is 10.8. The van der Waals surface area contributed by atoms with Crippen molar-refractivity contribution in [3.05, 3.63) is 59.7 Å². The minimum absolute atomic E-state index is 0.00653. The number of benzene rings is 2. The highest BCUT2D eigenvalue weighted by atomic mass is 16.5. The molecule has 0 radical (unpaired) electrons. The second kappa shape index (κ2) is 8.96. The lowest BCUT2D eigenvalue weighted by Crippen LogP contribution is -2.13. The largest absolute Gasteiger partial charge is 0.493 e. The van der Waals surface area contributed by atoms with Gasteiger partial charge in [0.25, 0.3) is 0 Å². The van der Waals surface area contributed by atoms with Crippen molar-refractivity contribution in [3.63, 3.8) is 0 Å². The fourth-order valence-corrected chi connectivity index (χ4v) is 2.26. The molecule has 0 saturated carbocycles. The molecule has 23 heavy (non-hydrogen) atoms. The highest BCUT2D eigenvalue weighted by molar-refractivity contribution is 5.90. The van der Waals surface area contributed by atoms with E-state index in [1.165, 1.54) is 0 Å². The summed E-state index contributed by atoms with van der Waals surface area (Å²) in [5.74, 6) is 0.869. The Labute approximate surface area is 137 Å². The highest BCUT2D eigenvalue weighted by Crippen LogP contribution is 2.16. The summed E-state index contributed by atoms with van der Waals surface area (Å²) in [5.41, 5.74) is 2.93. The van der Waals surface area contributed by atoms with Gasteiger partial charge in [-0.15, -0.1) is 0 Å². The number of amides is 1. The Morgan fingerprint density at radius 1 is 1.13 bits per heavy atom. The molecular weight excluding hydrogens is 290 g/mol. The molecule has 1 amide bonds. The van der Waals surface area contributed by atoms with Crippen LogP contribution >= 0.6 is 0 Å². The van der Waals surface area contributed by atoms with Crippen LogP contribution < -0.4 is 10.1 Å². The number of methoxy groups -OCH3 is 1. The number of carbonyl (C=O) groups excluding carboxylic acids is 1. The molecule has 0 heterocycles. The first-order chi connectivity index (χ1) is 11.2. The lowest BCUT2D eigenvalue weighted by Gasteiger charge is -2.09. The molecule has 0 spiro atoms. The van der Waals surface area contributed by atoms with E-state index in [1.807, 2.05) is 55.5 Å². The van der Waals surface area contributed by atoms with Gasteiger partial charge < -0.3 is 14.8 Å². The van der Waals surface area contributed by atoms with Crippen LogP contribution in [0, 0.1) is 6.92 Å². The predicted molar refractivity (Wildman–Crippen MR) is 91.7 cm³/mol. The Balaban J connectivity index is 1.73. The van der Waals surface area contributed by atoms with E-state index in [0.29, 0.717) is 26.1 Å². The Morgan fingerprint density at radius 2 is 1.96 bits per heavy atom. The fourth-order valence-electron chi connectivity index (χ4n) is 2.26. The van der Waals surface area contributed by atoms with E-state index in [2.05, 4.69) is 5.32 Å². The second-order valence-electron chi connectivity index (χ2n) is 5.40. The van der Waals surface area contributed by atoms with Gasteiger partial charge in [0.2, 0.25) is 5.91 Å². The van der Waals surface area contributed by atoms with Crippen molar-refractivity contribution >= 4 is 11.6 Å². The minimum Gasteiger partial charge on any atom is -0.493 e. The molecule has 0 unspecified atom stereocenters. The zero-order chi connectivity index (χ0) is 16.5. The number of carbonyl (C=O) groups is 1. The molecule has 0 aliphatic carbocycles. The minimum atomic E-state index is -0.00653. The van der Waals surface area contributed by atoms with E-state index in [4.69, 9.17) is 9.47 Å². The van der Waals surface area contributed by atoms with Crippen LogP contribution in [0.3, 0.4) is 0 Å². The second-order valence-corrected chi connectivity index (χ2v) is 5.40. The first-order valence-corrected chi connectivity index (χ1v) is 7.75. The van der Waals surface area contributed by atoms with E-state index >= 15 is 0 Å². The number of rotatable bonds is 8. The summed E-state index contributed by atoms with van der Waals surface area (Å²) in [7, 11) is 1.65. The first kappa shape index (κ1) is 17.0. The molecule has 0 saturated heterocycles. The van der Waals surface area contributed by atoms with Crippen molar-refractivity contribution in [2.24, 2.45) is 0 Å². The summed E-state index contributed by atoms with van der Waals surface area (Å²) in [6, 6.07) is 15.5. The van der Waals surface area contributed by atoms with E-state index < -0.39 is 0 Å². The van der Waals surface area contributed by atoms with Crippen LogP contribution in [0.15, 0.2) is 48.5 Å². The lowest BCUT2D eigenvalue weighted by atomic mass is 10.2. The molecule has 2 aromatic carbocycles. The van der Waals surface area contributed by atoms with Crippen molar-refractivity contribution < 1.29 is 14.3 Å². The Kier molecular flexibility index (Phi) is 6.63. The average Bonchev–Trinajstić information content (AvgIpc) is 2.54. The molecule has 2 aromatic rings. The monoisotopic (exact) mass is 313 g/mol. The van der Waals surface area contributed by atoms with E-state index in [-0.39, 0.29) is 5.91 Å². The predicted octanol–water partition coefficient (Wildman–Crippen LogP) is 3.94. The van der Waals surface area contributed by atoms with E-state index in [9.17, 15) is 4.79 Å². The van der Waals surface area contributed by atoms with Crippen molar-refractivity contribution in [2.75, 3.05) is 19.0 Å². The molecule has 2 rings (SSSR count). The molecular formula is C19H23NO3. The van der Waals surface area contributed by atoms with Crippen LogP contribution in [0.1, 0.15) is 24.0 Å². The molecule has 4 nitrogen and oxygen atoms in total. The molecule has 4 heteroatoms. The number of hydrogen-bond donors (Lipinski definition) is 1. The van der Waals surface area contributed by atoms with Gasteiger partial charge in [0.15, 0.2) is 0 Å². The standard InChI is InChI=1S/C19H23NO3/c1-15-7-3-4-10-18(15)23-12-6-11-19(21)20-17-9-5-8-16(13-17)14-22-2/h3-5,7-10,13H,6,11-12,14H2,1-2H3,(H,20,21). The third-order valence-electron chi connectivity index (χ3n) is 3.42. The zero-order valence-corrected chi connectivity index (χ0v) is 13.7. The Bertz CT molecular complexity index is 640. The highest BCUT2D eigenvalue weighted by Gasteiger charge is 2.04. The van der Waals surface area contributed by atoms with Gasteiger partial charge in [-0.2, -0.15) is 0 Å². The maximum absolute atomic E-state index is 12.0. The number of nitrogens with one attached hydrogen (secondary N) is 1. The molecule has 122 valence electrons. The topological polar surface area (TPSA) is 47.6 Å². The molecule has 1 N–H and O–H groups in total. The number of hydrogen-bond acceptors (Lipinski definition) is 3. The molecule has 0 fully saturated rings. The third kappa shape index (κ3) is 5.75. The van der Waals surface area contributed by atoms with Gasteiger partial charge in [-0.25, -0.2) is 0 Å². The van der Waals surface area contributed by atoms with Gasteiger partial charge in [0.05, 0.1) is 13.2 Å². The van der Waals surface area contributed by atoms with Crippen LogP contribution in [-0.2, 0) is 16.1 Å². The average molecular weight is 313 g/mol. The van der Waals surface area contributed by atoms with Crippen molar-refractivity contribution in [1.29, 1.82) is 0 Å². The molecule has 0 aliphatic heterocycles. The number of aryl methyl sites for hydroxylation is 1. The quantitative estimate of drug-likeness (QED) is 0.751. The summed E-state index contributed by atoms with van der Waals surface area (Å²) in [5, 5.41) is 2.90.